The predicted molar refractivity (Wildman–Crippen MR) is 125 cm³/mol. The third-order valence-corrected chi connectivity index (χ3v) is 5.69. The maximum absolute atomic E-state index is 13.2. The zero-order valence-corrected chi connectivity index (χ0v) is 18.6. The summed E-state index contributed by atoms with van der Waals surface area (Å²) in [7, 11) is 0. The molecule has 2 heterocycles. The third-order valence-electron chi connectivity index (χ3n) is 5.69. The predicted octanol–water partition coefficient (Wildman–Crippen LogP) is 3.24. The van der Waals surface area contributed by atoms with E-state index in [1.54, 1.807) is 22.9 Å². The number of anilines is 1. The summed E-state index contributed by atoms with van der Waals surface area (Å²) in [4.78, 5) is 26.6. The molecule has 1 aromatic heterocycles. The van der Waals surface area contributed by atoms with Crippen LogP contribution in [0.15, 0.2) is 54.6 Å². The normalized spacial score (nSPS) is 13.1. The van der Waals surface area contributed by atoms with Crippen LogP contribution < -0.4 is 15.8 Å². The highest BCUT2D eigenvalue weighted by atomic mass is 19.1. The highest BCUT2D eigenvalue weighted by Crippen LogP contribution is 2.26. The Balaban J connectivity index is 1.34. The number of nitrogens with one attached hydrogen (secondary N) is 2. The van der Waals surface area contributed by atoms with Gasteiger partial charge in [0.05, 0.1) is 17.9 Å². The number of carbonyl (C=O) groups is 2. The summed E-state index contributed by atoms with van der Waals surface area (Å²) in [5.41, 5.74) is 10.3. The number of hydrogen-bond donors (Lipinski definition) is 2. The number of benzene rings is 2. The number of aryl methyl sites for hydroxylation is 2. The van der Waals surface area contributed by atoms with Crippen molar-refractivity contribution in [3.05, 3.63) is 82.9 Å². The lowest BCUT2D eigenvalue weighted by molar-refractivity contribution is -0.125. The Labute approximate surface area is 191 Å². The fourth-order valence-electron chi connectivity index (χ4n) is 4.05. The van der Waals surface area contributed by atoms with Gasteiger partial charge in [0.25, 0.3) is 11.8 Å². The van der Waals surface area contributed by atoms with Gasteiger partial charge in [-0.3, -0.25) is 20.4 Å². The van der Waals surface area contributed by atoms with Crippen molar-refractivity contribution in [1.82, 2.24) is 20.6 Å². The first kappa shape index (κ1) is 22.3. The molecule has 0 fully saturated rings. The summed E-state index contributed by atoms with van der Waals surface area (Å²) in [6, 6.07) is 14.1. The molecule has 0 saturated heterocycles. The van der Waals surface area contributed by atoms with Crippen LogP contribution >= 0.6 is 0 Å². The molecule has 0 saturated carbocycles. The van der Waals surface area contributed by atoms with E-state index < -0.39 is 5.91 Å². The van der Waals surface area contributed by atoms with Crippen molar-refractivity contribution in [3.63, 3.8) is 0 Å². The monoisotopic (exact) mass is 447 g/mol. The molecule has 0 radical (unpaired) electrons. The number of hydrogen-bond acceptors (Lipinski definition) is 4. The molecule has 0 unspecified atom stereocenters. The molecule has 4 rings (SSSR count). The number of aromatic nitrogens is 2. The average Bonchev–Trinajstić information content (AvgIpc) is 3.10. The number of hydrazine groups is 1. The lowest BCUT2D eigenvalue weighted by Gasteiger charge is -2.30. The van der Waals surface area contributed by atoms with Crippen molar-refractivity contribution in [2.45, 2.75) is 26.7 Å². The molecule has 3 aromatic rings. The van der Waals surface area contributed by atoms with Crippen LogP contribution in [0.2, 0.25) is 0 Å². The Bertz CT molecular complexity index is 1200. The smallest absolute Gasteiger partial charge is 0.262 e. The van der Waals surface area contributed by atoms with Crippen molar-refractivity contribution < 1.29 is 14.0 Å². The molecule has 2 amide bonds. The summed E-state index contributed by atoms with van der Waals surface area (Å²) < 4.78 is 14.9. The van der Waals surface area contributed by atoms with Gasteiger partial charge in [-0.2, -0.15) is 5.10 Å². The summed E-state index contributed by atoms with van der Waals surface area (Å²) in [5.74, 6) is -1.05. The summed E-state index contributed by atoms with van der Waals surface area (Å²) in [6.07, 6.45) is 5.00. The number of rotatable bonds is 5. The Morgan fingerprint density at radius 2 is 1.85 bits per heavy atom. The number of halogens is 1. The molecule has 7 nitrogen and oxygen atoms in total. The topological polar surface area (TPSA) is 79.3 Å². The van der Waals surface area contributed by atoms with E-state index in [2.05, 4.69) is 22.0 Å². The third kappa shape index (κ3) is 5.11. The summed E-state index contributed by atoms with van der Waals surface area (Å²) >= 11 is 0. The molecule has 0 aliphatic carbocycles. The van der Waals surface area contributed by atoms with Crippen molar-refractivity contribution in [1.29, 1.82) is 0 Å². The van der Waals surface area contributed by atoms with Gasteiger partial charge in [0, 0.05) is 29.6 Å². The van der Waals surface area contributed by atoms with E-state index in [9.17, 15) is 14.0 Å². The van der Waals surface area contributed by atoms with Gasteiger partial charge in [0.1, 0.15) is 5.82 Å². The molecule has 8 heteroatoms. The van der Waals surface area contributed by atoms with Gasteiger partial charge < -0.3 is 4.90 Å². The summed E-state index contributed by atoms with van der Waals surface area (Å²) in [5, 5.41) is 4.48. The first-order valence-corrected chi connectivity index (χ1v) is 10.8. The number of para-hydroxylation sites is 1. The molecular weight excluding hydrogens is 421 g/mol. The molecule has 170 valence electrons. The quantitative estimate of drug-likeness (QED) is 0.465. The standard InChI is InChI=1S/C25H26FN5O2/c1-17-22(18(2)31(29-17)21-11-9-20(26)10-12-21)13-14-24(32)27-28-25(33)16-30-15-5-7-19-6-3-4-8-23(19)30/h3-4,6,8-14H,5,7,15-16H2,1-2H3,(H,27,32)(H,28,33)/b14-13+. The van der Waals surface area contributed by atoms with Gasteiger partial charge in [0.2, 0.25) is 0 Å². The minimum absolute atomic E-state index is 0.170. The van der Waals surface area contributed by atoms with Gasteiger partial charge in [-0.1, -0.05) is 18.2 Å². The first-order valence-electron chi connectivity index (χ1n) is 10.8. The van der Waals surface area contributed by atoms with E-state index in [-0.39, 0.29) is 18.3 Å². The van der Waals surface area contributed by atoms with Crippen LogP contribution in [-0.4, -0.2) is 34.7 Å². The van der Waals surface area contributed by atoms with Gasteiger partial charge in [-0.05, 0) is 68.7 Å². The summed E-state index contributed by atoms with van der Waals surface area (Å²) in [6.45, 7) is 4.68. The lowest BCUT2D eigenvalue weighted by atomic mass is 10.0. The number of carbonyl (C=O) groups excluding carboxylic acids is 2. The molecule has 0 atom stereocenters. The van der Waals surface area contributed by atoms with E-state index in [0.29, 0.717) is 0 Å². The van der Waals surface area contributed by atoms with Crippen LogP contribution in [0, 0.1) is 19.7 Å². The van der Waals surface area contributed by atoms with Gasteiger partial charge in [-0.25, -0.2) is 9.07 Å². The average molecular weight is 448 g/mol. The van der Waals surface area contributed by atoms with Crippen LogP contribution in [0.5, 0.6) is 0 Å². The van der Waals surface area contributed by atoms with Crippen molar-refractivity contribution in [3.8, 4) is 5.69 Å². The fraction of sp³-hybridized carbons (Fsp3) is 0.240. The Hall–Kier alpha value is -3.94. The zero-order chi connectivity index (χ0) is 23.4. The first-order chi connectivity index (χ1) is 15.9. The molecule has 2 N–H and O–H groups in total. The van der Waals surface area contributed by atoms with Crippen molar-refractivity contribution in [2.75, 3.05) is 18.0 Å². The van der Waals surface area contributed by atoms with Crippen LogP contribution in [0.3, 0.4) is 0 Å². The largest absolute Gasteiger partial charge is 0.362 e. The Kier molecular flexibility index (Phi) is 6.53. The number of amides is 2. The maximum atomic E-state index is 13.2. The van der Waals surface area contributed by atoms with Crippen LogP contribution in [0.1, 0.15) is 28.9 Å². The molecule has 1 aliphatic rings. The highest BCUT2D eigenvalue weighted by molar-refractivity contribution is 5.94. The molecule has 0 bridgehead atoms. The second kappa shape index (κ2) is 9.68. The second-order valence-electron chi connectivity index (χ2n) is 8.00. The minimum Gasteiger partial charge on any atom is -0.362 e. The molecular formula is C25H26FN5O2. The fourth-order valence-corrected chi connectivity index (χ4v) is 4.05. The van der Waals surface area contributed by atoms with E-state index in [4.69, 9.17) is 0 Å². The number of nitrogens with zero attached hydrogens (tertiary/aromatic N) is 3. The lowest BCUT2D eigenvalue weighted by Crippen LogP contribution is -2.47. The van der Waals surface area contributed by atoms with Crippen LogP contribution in [0.4, 0.5) is 10.1 Å². The van der Waals surface area contributed by atoms with Gasteiger partial charge in [-0.15, -0.1) is 0 Å². The van der Waals surface area contributed by atoms with Crippen molar-refractivity contribution in [2.24, 2.45) is 0 Å². The maximum Gasteiger partial charge on any atom is 0.262 e. The SMILES string of the molecule is Cc1nn(-c2ccc(F)cc2)c(C)c1/C=C/C(=O)NNC(=O)CN1CCCc2ccccc21. The Morgan fingerprint density at radius 1 is 1.09 bits per heavy atom. The van der Waals surface area contributed by atoms with E-state index in [1.807, 2.05) is 36.9 Å². The van der Waals surface area contributed by atoms with Crippen molar-refractivity contribution >= 4 is 23.6 Å². The van der Waals surface area contributed by atoms with E-state index in [0.717, 1.165) is 47.7 Å². The molecule has 2 aromatic carbocycles. The number of fused-ring (bicyclic) bond motifs is 1. The van der Waals surface area contributed by atoms with Crippen LogP contribution in [-0.2, 0) is 16.0 Å². The minimum atomic E-state index is -0.448. The van der Waals surface area contributed by atoms with E-state index >= 15 is 0 Å². The van der Waals surface area contributed by atoms with Gasteiger partial charge >= 0.3 is 0 Å². The highest BCUT2D eigenvalue weighted by Gasteiger charge is 2.18. The second-order valence-corrected chi connectivity index (χ2v) is 8.00. The van der Waals surface area contributed by atoms with E-state index in [1.165, 1.54) is 23.8 Å². The van der Waals surface area contributed by atoms with Crippen LogP contribution in [0.25, 0.3) is 11.8 Å². The molecule has 33 heavy (non-hydrogen) atoms. The molecule has 1 aliphatic heterocycles. The zero-order valence-electron chi connectivity index (χ0n) is 18.6. The van der Waals surface area contributed by atoms with Gasteiger partial charge in [0.15, 0.2) is 0 Å². The molecule has 0 spiro atoms. The Morgan fingerprint density at radius 3 is 2.64 bits per heavy atom.